The van der Waals surface area contributed by atoms with Crippen LogP contribution >= 0.6 is 11.6 Å². The molecule has 1 aliphatic rings. The number of fused-ring (bicyclic) bond motifs is 2. The lowest BCUT2D eigenvalue weighted by Gasteiger charge is -2.20. The van der Waals surface area contributed by atoms with Gasteiger partial charge in [-0.3, -0.25) is 4.98 Å². The summed E-state index contributed by atoms with van der Waals surface area (Å²) in [6.07, 6.45) is 1.38. The SMILES string of the molecule is O=S(=O)(c1ccc(Cl)cc1)c1cnc2ccccc2c1Nc1ccc2c(c1)OCCO2. The second kappa shape index (κ2) is 7.76. The molecule has 0 saturated heterocycles. The van der Waals surface area contributed by atoms with Crippen LogP contribution in [0, 0.1) is 0 Å². The number of nitrogens with zero attached hydrogens (tertiary/aromatic N) is 1. The third-order valence-electron chi connectivity index (χ3n) is 4.97. The molecule has 0 fully saturated rings. The van der Waals surface area contributed by atoms with Gasteiger partial charge in [0.05, 0.1) is 16.1 Å². The molecule has 2 heterocycles. The number of ether oxygens (including phenoxy) is 2. The molecule has 5 rings (SSSR count). The van der Waals surface area contributed by atoms with Gasteiger partial charge in [0.2, 0.25) is 9.84 Å². The highest BCUT2D eigenvalue weighted by Gasteiger charge is 2.24. The Labute approximate surface area is 184 Å². The van der Waals surface area contributed by atoms with Crippen LogP contribution in [0.25, 0.3) is 10.9 Å². The van der Waals surface area contributed by atoms with Gasteiger partial charge in [0.15, 0.2) is 11.5 Å². The van der Waals surface area contributed by atoms with Crippen LogP contribution in [0.2, 0.25) is 5.02 Å². The maximum absolute atomic E-state index is 13.5. The second-order valence-electron chi connectivity index (χ2n) is 6.96. The predicted octanol–water partition coefficient (Wildman–Crippen LogP) is 5.24. The average molecular weight is 453 g/mol. The number of hydrogen-bond acceptors (Lipinski definition) is 6. The molecular weight excluding hydrogens is 436 g/mol. The number of anilines is 2. The van der Waals surface area contributed by atoms with E-state index >= 15 is 0 Å². The normalized spacial score (nSPS) is 13.2. The minimum absolute atomic E-state index is 0.0726. The van der Waals surface area contributed by atoms with E-state index in [0.717, 1.165) is 0 Å². The molecule has 4 aromatic rings. The van der Waals surface area contributed by atoms with Gasteiger partial charge in [0, 0.05) is 28.4 Å². The zero-order valence-corrected chi connectivity index (χ0v) is 17.8. The number of para-hydroxylation sites is 1. The Bertz CT molecular complexity index is 1390. The highest BCUT2D eigenvalue weighted by Crippen LogP contribution is 2.38. The largest absolute Gasteiger partial charge is 0.486 e. The molecular formula is C23H17ClN2O4S. The fourth-order valence-electron chi connectivity index (χ4n) is 3.46. The Hall–Kier alpha value is -3.29. The number of halogens is 1. The van der Waals surface area contributed by atoms with Crippen LogP contribution in [0.1, 0.15) is 0 Å². The van der Waals surface area contributed by atoms with Crippen molar-refractivity contribution in [3.05, 3.63) is 77.9 Å². The van der Waals surface area contributed by atoms with Crippen LogP contribution in [0.15, 0.2) is 82.7 Å². The Balaban J connectivity index is 1.66. The van der Waals surface area contributed by atoms with Gasteiger partial charge in [-0.2, -0.15) is 0 Å². The molecule has 0 radical (unpaired) electrons. The molecule has 1 aliphatic heterocycles. The van der Waals surface area contributed by atoms with Crippen molar-refractivity contribution in [2.24, 2.45) is 0 Å². The van der Waals surface area contributed by atoms with Crippen molar-refractivity contribution in [1.82, 2.24) is 4.98 Å². The first-order valence-corrected chi connectivity index (χ1v) is 11.4. The van der Waals surface area contributed by atoms with Crippen LogP contribution in [0.5, 0.6) is 11.5 Å². The number of benzene rings is 3. The minimum Gasteiger partial charge on any atom is -0.486 e. The number of sulfone groups is 1. The maximum Gasteiger partial charge on any atom is 0.210 e. The molecule has 0 aliphatic carbocycles. The van der Waals surface area contributed by atoms with Crippen molar-refractivity contribution in [3.63, 3.8) is 0 Å². The monoisotopic (exact) mass is 452 g/mol. The maximum atomic E-state index is 13.5. The quantitative estimate of drug-likeness (QED) is 0.456. The molecule has 6 nitrogen and oxygen atoms in total. The molecule has 0 amide bonds. The summed E-state index contributed by atoms with van der Waals surface area (Å²) < 4.78 is 38.2. The van der Waals surface area contributed by atoms with E-state index in [1.54, 1.807) is 24.3 Å². The number of aromatic nitrogens is 1. The lowest BCUT2D eigenvalue weighted by molar-refractivity contribution is 0.171. The summed E-state index contributed by atoms with van der Waals surface area (Å²) in [5, 5.41) is 4.42. The molecule has 0 atom stereocenters. The van der Waals surface area contributed by atoms with E-state index in [0.29, 0.717) is 52.0 Å². The Morgan fingerprint density at radius 3 is 2.45 bits per heavy atom. The van der Waals surface area contributed by atoms with E-state index in [1.165, 1.54) is 18.3 Å². The number of nitrogens with one attached hydrogen (secondary N) is 1. The molecule has 31 heavy (non-hydrogen) atoms. The molecule has 8 heteroatoms. The summed E-state index contributed by atoms with van der Waals surface area (Å²) in [5.74, 6) is 1.27. The fraction of sp³-hybridized carbons (Fsp3) is 0.0870. The van der Waals surface area contributed by atoms with E-state index < -0.39 is 9.84 Å². The van der Waals surface area contributed by atoms with Crippen molar-refractivity contribution in [1.29, 1.82) is 0 Å². The van der Waals surface area contributed by atoms with Gasteiger partial charge in [-0.15, -0.1) is 0 Å². The van der Waals surface area contributed by atoms with Gasteiger partial charge in [-0.1, -0.05) is 29.8 Å². The highest BCUT2D eigenvalue weighted by atomic mass is 35.5. The zero-order chi connectivity index (χ0) is 21.4. The van der Waals surface area contributed by atoms with Crippen LogP contribution in [0.4, 0.5) is 11.4 Å². The average Bonchev–Trinajstić information content (AvgIpc) is 2.79. The van der Waals surface area contributed by atoms with Crippen LogP contribution < -0.4 is 14.8 Å². The smallest absolute Gasteiger partial charge is 0.210 e. The first-order valence-electron chi connectivity index (χ1n) is 9.57. The lowest BCUT2D eigenvalue weighted by atomic mass is 10.1. The van der Waals surface area contributed by atoms with Crippen LogP contribution in [-0.4, -0.2) is 26.6 Å². The van der Waals surface area contributed by atoms with Gasteiger partial charge < -0.3 is 14.8 Å². The molecule has 156 valence electrons. The Morgan fingerprint density at radius 1 is 0.903 bits per heavy atom. The lowest BCUT2D eigenvalue weighted by Crippen LogP contribution is -2.15. The molecule has 0 saturated carbocycles. The van der Waals surface area contributed by atoms with E-state index in [9.17, 15) is 8.42 Å². The van der Waals surface area contributed by atoms with Crippen molar-refractivity contribution in [2.45, 2.75) is 9.79 Å². The highest BCUT2D eigenvalue weighted by molar-refractivity contribution is 7.91. The van der Waals surface area contributed by atoms with Crippen molar-refractivity contribution >= 4 is 43.7 Å². The zero-order valence-electron chi connectivity index (χ0n) is 16.2. The Kier molecular flexibility index (Phi) is 4.92. The number of pyridine rings is 1. The third kappa shape index (κ3) is 3.66. The molecule has 1 aromatic heterocycles. The summed E-state index contributed by atoms with van der Waals surface area (Å²) in [7, 11) is -3.85. The molecule has 0 bridgehead atoms. The third-order valence-corrected chi connectivity index (χ3v) is 7.00. The molecule has 1 N–H and O–H groups in total. The summed E-state index contributed by atoms with van der Waals surface area (Å²) in [5.41, 5.74) is 1.79. The summed E-state index contributed by atoms with van der Waals surface area (Å²) in [6, 6.07) is 18.9. The van der Waals surface area contributed by atoms with Crippen LogP contribution in [-0.2, 0) is 9.84 Å². The molecule has 0 spiro atoms. The van der Waals surface area contributed by atoms with Crippen molar-refractivity contribution in [3.8, 4) is 11.5 Å². The van der Waals surface area contributed by atoms with E-state index in [2.05, 4.69) is 10.3 Å². The van der Waals surface area contributed by atoms with Crippen molar-refractivity contribution < 1.29 is 17.9 Å². The molecule has 0 unspecified atom stereocenters. The van der Waals surface area contributed by atoms with Crippen molar-refractivity contribution in [2.75, 3.05) is 18.5 Å². The second-order valence-corrected chi connectivity index (χ2v) is 9.31. The minimum atomic E-state index is -3.85. The number of rotatable bonds is 4. The van der Waals surface area contributed by atoms with Gasteiger partial charge in [-0.25, -0.2) is 8.42 Å². The summed E-state index contributed by atoms with van der Waals surface area (Å²) in [6.45, 7) is 0.961. The summed E-state index contributed by atoms with van der Waals surface area (Å²) in [4.78, 5) is 4.58. The van der Waals surface area contributed by atoms with Gasteiger partial charge in [-0.05, 0) is 42.5 Å². The number of hydrogen-bond donors (Lipinski definition) is 1. The summed E-state index contributed by atoms with van der Waals surface area (Å²) >= 11 is 5.94. The molecule has 3 aromatic carbocycles. The van der Waals surface area contributed by atoms with Gasteiger partial charge in [0.1, 0.15) is 18.1 Å². The topological polar surface area (TPSA) is 77.5 Å². The van der Waals surface area contributed by atoms with E-state index in [4.69, 9.17) is 21.1 Å². The van der Waals surface area contributed by atoms with Crippen LogP contribution in [0.3, 0.4) is 0 Å². The predicted molar refractivity (Wildman–Crippen MR) is 119 cm³/mol. The van der Waals surface area contributed by atoms with Gasteiger partial charge >= 0.3 is 0 Å². The standard InChI is InChI=1S/C23H17ClN2O4S/c24-15-5-8-17(9-6-15)31(27,28)22-14-25-19-4-2-1-3-18(19)23(22)26-16-7-10-20-21(13-16)30-12-11-29-20/h1-10,13-14H,11-12H2,(H,25,26). The first kappa shape index (κ1) is 19.7. The van der Waals surface area contributed by atoms with Gasteiger partial charge in [0.25, 0.3) is 0 Å². The Morgan fingerprint density at radius 2 is 1.65 bits per heavy atom. The van der Waals surface area contributed by atoms with E-state index in [1.807, 2.05) is 30.3 Å². The first-order chi connectivity index (χ1) is 15.0. The van der Waals surface area contributed by atoms with E-state index in [-0.39, 0.29) is 9.79 Å². The fourth-order valence-corrected chi connectivity index (χ4v) is 4.96.